The first-order valence-corrected chi connectivity index (χ1v) is 11.6. The van der Waals surface area contributed by atoms with Crippen molar-refractivity contribution < 1.29 is 38.7 Å². The predicted molar refractivity (Wildman–Crippen MR) is 135 cm³/mol. The Bertz CT molecular complexity index is 1510. The van der Waals surface area contributed by atoms with Gasteiger partial charge in [-0.3, -0.25) is 25.0 Å². The van der Waals surface area contributed by atoms with Gasteiger partial charge in [-0.25, -0.2) is 4.99 Å². The molecule has 14 heteroatoms. The first kappa shape index (κ1) is 26.2. The number of carbonyl (C=O) groups excluding carboxylic acids is 1. The molecule has 0 amide bonds. The number of nitrogens with one attached hydrogen (secondary N) is 1. The van der Waals surface area contributed by atoms with Crippen LogP contribution in [-0.4, -0.2) is 58.9 Å². The van der Waals surface area contributed by atoms with E-state index in [1.54, 1.807) is 6.92 Å². The fraction of sp³-hybridized carbons (Fsp3) is 0.333. The van der Waals surface area contributed by atoms with E-state index < -0.39 is 32.8 Å². The summed E-state index contributed by atoms with van der Waals surface area (Å²) in [4.78, 5) is 43.0. The highest BCUT2D eigenvalue weighted by Crippen LogP contribution is 2.51. The lowest BCUT2D eigenvalue weighted by Gasteiger charge is -2.11. The Kier molecular flexibility index (Phi) is 7.06. The molecule has 0 spiro atoms. The Morgan fingerprint density at radius 2 is 1.50 bits per heavy atom. The van der Waals surface area contributed by atoms with Crippen molar-refractivity contribution in [1.82, 2.24) is 4.98 Å². The van der Waals surface area contributed by atoms with Gasteiger partial charge in [-0.2, -0.15) is 0 Å². The van der Waals surface area contributed by atoms with Gasteiger partial charge in [0.25, 0.3) is 0 Å². The van der Waals surface area contributed by atoms with E-state index in [0.29, 0.717) is 12.8 Å². The maximum Gasteiger partial charge on any atom is 0.315 e. The van der Waals surface area contributed by atoms with Crippen molar-refractivity contribution in [1.29, 1.82) is 0 Å². The second kappa shape index (κ2) is 10.2. The maximum absolute atomic E-state index is 13.6. The van der Waals surface area contributed by atoms with Gasteiger partial charge in [0.1, 0.15) is 28.4 Å². The number of ketones is 1. The minimum Gasteiger partial charge on any atom is -0.505 e. The monoisotopic (exact) mass is 528 g/mol. The summed E-state index contributed by atoms with van der Waals surface area (Å²) in [5.41, 5.74) is -1.50. The first-order chi connectivity index (χ1) is 18.2. The zero-order valence-electron chi connectivity index (χ0n) is 20.9. The van der Waals surface area contributed by atoms with Crippen molar-refractivity contribution in [2.24, 2.45) is 4.99 Å². The zero-order valence-corrected chi connectivity index (χ0v) is 20.9. The number of ether oxygens (including phenoxy) is 4. The van der Waals surface area contributed by atoms with E-state index in [9.17, 15) is 30.1 Å². The Labute approximate surface area is 215 Å². The lowest BCUT2D eigenvalue weighted by atomic mass is 10.0. The fourth-order valence-corrected chi connectivity index (χ4v) is 4.13. The summed E-state index contributed by atoms with van der Waals surface area (Å²) < 4.78 is 21.8. The second-order valence-electron chi connectivity index (χ2n) is 8.18. The van der Waals surface area contributed by atoms with E-state index in [0.717, 1.165) is 12.1 Å². The highest BCUT2D eigenvalue weighted by atomic mass is 16.6. The largest absolute Gasteiger partial charge is 0.505 e. The highest BCUT2D eigenvalue weighted by Gasteiger charge is 2.40. The van der Waals surface area contributed by atoms with E-state index in [1.165, 1.54) is 14.2 Å². The molecule has 3 aromatic rings. The summed E-state index contributed by atoms with van der Waals surface area (Å²) in [7, 11) is 2.56. The van der Waals surface area contributed by atoms with Gasteiger partial charge in [-0.1, -0.05) is 13.8 Å². The second-order valence-corrected chi connectivity index (χ2v) is 8.18. The molecule has 0 radical (unpaired) electrons. The number of aromatic amines is 1. The number of hydrogen-bond donors (Lipinski definition) is 2. The van der Waals surface area contributed by atoms with Crippen molar-refractivity contribution in [3.63, 3.8) is 0 Å². The van der Waals surface area contributed by atoms with Gasteiger partial charge in [0.15, 0.2) is 11.5 Å². The van der Waals surface area contributed by atoms with Gasteiger partial charge in [0, 0.05) is 0 Å². The number of Topliss-reactive ketones (excluding diaryl/α,β-unsaturated/α-hetero) is 1. The van der Waals surface area contributed by atoms with E-state index >= 15 is 0 Å². The van der Waals surface area contributed by atoms with E-state index in [2.05, 4.69) is 9.98 Å². The van der Waals surface area contributed by atoms with Crippen LogP contribution in [0.3, 0.4) is 0 Å². The number of H-pyrrole nitrogens is 1. The molecule has 0 aliphatic carbocycles. The standard InChI is InChI=1S/C24H24N4O10/c1-5-7-37-23-11(27(31)32)9-13(35-3)17-15(23)21(29)19(25-17)20-22(30)16-18(26-20)14(36-4)10-12(28(33)34)24(16)38-8-6-2/h9-10,25,29H,5-8H2,1-4H3. The van der Waals surface area contributed by atoms with Crippen LogP contribution < -0.4 is 18.9 Å². The Hall–Kier alpha value is -4.88. The molecule has 14 nitrogen and oxygen atoms in total. The van der Waals surface area contributed by atoms with Gasteiger partial charge in [-0.15, -0.1) is 0 Å². The van der Waals surface area contributed by atoms with Crippen LogP contribution in [0.15, 0.2) is 17.1 Å². The van der Waals surface area contributed by atoms with Crippen LogP contribution in [0.25, 0.3) is 10.9 Å². The van der Waals surface area contributed by atoms with Crippen LogP contribution in [0, 0.1) is 20.2 Å². The molecule has 200 valence electrons. The summed E-state index contributed by atoms with van der Waals surface area (Å²) in [6, 6.07) is 2.25. The summed E-state index contributed by atoms with van der Waals surface area (Å²) in [6.45, 7) is 3.82. The number of benzene rings is 2. The smallest absolute Gasteiger partial charge is 0.315 e. The predicted octanol–water partition coefficient (Wildman–Crippen LogP) is 4.60. The lowest BCUT2D eigenvalue weighted by Crippen LogP contribution is -2.14. The number of hydrogen-bond acceptors (Lipinski definition) is 11. The topological polar surface area (TPSA) is 189 Å². The molecule has 2 aromatic carbocycles. The van der Waals surface area contributed by atoms with Gasteiger partial charge >= 0.3 is 11.4 Å². The molecule has 0 bridgehead atoms. The average molecular weight is 528 g/mol. The van der Waals surface area contributed by atoms with Crippen LogP contribution in [0.2, 0.25) is 0 Å². The number of nitrogens with zero attached hydrogens (tertiary/aromatic N) is 3. The molecule has 1 aliphatic rings. The van der Waals surface area contributed by atoms with Crippen LogP contribution >= 0.6 is 0 Å². The lowest BCUT2D eigenvalue weighted by molar-refractivity contribution is -0.386. The Morgan fingerprint density at radius 1 is 0.947 bits per heavy atom. The van der Waals surface area contributed by atoms with Crippen molar-refractivity contribution in [2.75, 3.05) is 27.4 Å². The number of rotatable bonds is 11. The average Bonchev–Trinajstić information content (AvgIpc) is 3.42. The Morgan fingerprint density at radius 3 is 2.05 bits per heavy atom. The number of methoxy groups -OCH3 is 2. The number of aliphatic imine (C=N–C) groups is 1. The van der Waals surface area contributed by atoms with Crippen LogP contribution in [0.1, 0.15) is 42.7 Å². The molecule has 0 saturated heterocycles. The summed E-state index contributed by atoms with van der Waals surface area (Å²) in [6.07, 6.45) is 1.05. The summed E-state index contributed by atoms with van der Waals surface area (Å²) >= 11 is 0. The summed E-state index contributed by atoms with van der Waals surface area (Å²) in [5.74, 6) is -1.84. The molecule has 38 heavy (non-hydrogen) atoms. The molecule has 0 saturated carbocycles. The maximum atomic E-state index is 13.6. The van der Waals surface area contributed by atoms with Crippen molar-refractivity contribution in [3.8, 4) is 28.7 Å². The number of aromatic hydroxyl groups is 1. The number of carbonyl (C=O) groups is 1. The van der Waals surface area contributed by atoms with Crippen molar-refractivity contribution in [3.05, 3.63) is 43.6 Å². The van der Waals surface area contributed by atoms with Crippen molar-refractivity contribution >= 4 is 39.5 Å². The number of nitro groups is 2. The highest BCUT2D eigenvalue weighted by molar-refractivity contribution is 6.56. The van der Waals surface area contributed by atoms with Gasteiger partial charge in [0.2, 0.25) is 17.3 Å². The molecule has 4 rings (SSSR count). The molecule has 2 heterocycles. The van der Waals surface area contributed by atoms with Crippen LogP contribution in [0.4, 0.5) is 17.1 Å². The SMILES string of the molecule is CCCOc1c([N+](=O)[O-])cc(OC)c2c1C(=O)C(c1[nH]c3c(OC)cc([N+](=O)[O-])c(OCCC)c3c1O)=N2. The van der Waals surface area contributed by atoms with E-state index in [-0.39, 0.29) is 69.8 Å². The van der Waals surface area contributed by atoms with Gasteiger partial charge < -0.3 is 29.0 Å². The number of nitro benzene ring substituents is 2. The third-order valence-corrected chi connectivity index (χ3v) is 5.78. The first-order valence-electron chi connectivity index (χ1n) is 11.6. The molecule has 0 fully saturated rings. The molecule has 0 unspecified atom stereocenters. The summed E-state index contributed by atoms with van der Waals surface area (Å²) in [5, 5.41) is 34.7. The zero-order chi connectivity index (χ0) is 27.7. The Balaban J connectivity index is 1.99. The fourth-order valence-electron chi connectivity index (χ4n) is 4.13. The normalized spacial score (nSPS) is 12.3. The van der Waals surface area contributed by atoms with Crippen LogP contribution in [0.5, 0.6) is 28.7 Å². The third-order valence-electron chi connectivity index (χ3n) is 5.78. The quantitative estimate of drug-likeness (QED) is 0.263. The molecule has 2 N–H and O–H groups in total. The molecule has 0 atom stereocenters. The minimum atomic E-state index is -0.778. The van der Waals surface area contributed by atoms with E-state index in [4.69, 9.17) is 18.9 Å². The number of fused-ring (bicyclic) bond motifs is 2. The molecule has 1 aromatic heterocycles. The number of aromatic nitrogens is 1. The molecular formula is C24H24N4O10. The third kappa shape index (κ3) is 4.09. The van der Waals surface area contributed by atoms with Gasteiger partial charge in [-0.05, 0) is 12.8 Å². The van der Waals surface area contributed by atoms with Crippen LogP contribution in [-0.2, 0) is 0 Å². The molecular weight excluding hydrogens is 504 g/mol. The van der Waals surface area contributed by atoms with Crippen molar-refractivity contribution in [2.45, 2.75) is 26.7 Å². The van der Waals surface area contributed by atoms with Gasteiger partial charge in [0.05, 0.1) is 60.3 Å². The van der Waals surface area contributed by atoms with E-state index in [1.807, 2.05) is 6.92 Å². The molecule has 1 aliphatic heterocycles. The minimum absolute atomic E-state index is 0.0114.